The van der Waals surface area contributed by atoms with Gasteiger partial charge in [-0.1, -0.05) is 19.4 Å². The highest BCUT2D eigenvalue weighted by Gasteiger charge is 2.11. The zero-order chi connectivity index (χ0) is 10.3. The van der Waals surface area contributed by atoms with Crippen LogP contribution in [-0.4, -0.2) is 27.6 Å². The Labute approximate surface area is 80.3 Å². The molecule has 13 heavy (non-hydrogen) atoms. The molecule has 0 radical (unpaired) electrons. The second-order valence-electron chi connectivity index (χ2n) is 2.48. The molecule has 0 bridgehead atoms. The SMILES string of the molecule is CCC/C=C(\CS(=O)O)C(=O)OC. The lowest BCUT2D eigenvalue weighted by Gasteiger charge is -2.01. The second-order valence-corrected chi connectivity index (χ2v) is 3.41. The van der Waals surface area contributed by atoms with E-state index < -0.39 is 17.0 Å². The van der Waals surface area contributed by atoms with Crippen molar-refractivity contribution in [1.82, 2.24) is 0 Å². The molecular weight excluding hydrogens is 192 g/mol. The molecule has 1 unspecified atom stereocenters. The summed E-state index contributed by atoms with van der Waals surface area (Å²) in [6.45, 7) is 1.96. The summed E-state index contributed by atoms with van der Waals surface area (Å²) >= 11 is -1.99. The maximum absolute atomic E-state index is 11.0. The Hall–Kier alpha value is -0.680. The van der Waals surface area contributed by atoms with Crippen LogP contribution in [0.5, 0.6) is 0 Å². The van der Waals surface area contributed by atoms with Gasteiger partial charge in [-0.2, -0.15) is 0 Å². The average molecular weight is 206 g/mol. The van der Waals surface area contributed by atoms with Gasteiger partial charge in [-0.3, -0.25) is 0 Å². The highest BCUT2D eigenvalue weighted by atomic mass is 32.2. The maximum atomic E-state index is 11.0. The molecule has 0 fully saturated rings. The molecular formula is C8H14O4S. The van der Waals surface area contributed by atoms with Gasteiger partial charge < -0.3 is 9.29 Å². The van der Waals surface area contributed by atoms with E-state index in [1.54, 1.807) is 6.08 Å². The molecule has 0 aromatic heterocycles. The van der Waals surface area contributed by atoms with Crippen LogP contribution in [0.4, 0.5) is 0 Å². The van der Waals surface area contributed by atoms with Crippen LogP contribution in [0.25, 0.3) is 0 Å². The number of hydrogen-bond donors (Lipinski definition) is 1. The summed E-state index contributed by atoms with van der Waals surface area (Å²) in [6.07, 6.45) is 3.24. The highest BCUT2D eigenvalue weighted by Crippen LogP contribution is 2.03. The van der Waals surface area contributed by atoms with Crippen molar-refractivity contribution >= 4 is 17.0 Å². The predicted octanol–water partition coefficient (Wildman–Crippen LogP) is 1.11. The Morgan fingerprint density at radius 2 is 2.23 bits per heavy atom. The molecule has 1 N–H and O–H groups in total. The van der Waals surface area contributed by atoms with Gasteiger partial charge in [0.05, 0.1) is 12.9 Å². The third kappa shape index (κ3) is 5.54. The summed E-state index contributed by atoms with van der Waals surface area (Å²) in [5.41, 5.74) is 0.269. The molecule has 0 amide bonds. The number of unbranched alkanes of at least 4 members (excludes halogenated alkanes) is 1. The minimum absolute atomic E-state index is 0.160. The summed E-state index contributed by atoms with van der Waals surface area (Å²) in [6, 6.07) is 0. The van der Waals surface area contributed by atoms with Crippen LogP contribution >= 0.6 is 0 Å². The average Bonchev–Trinajstić information content (AvgIpc) is 2.10. The molecule has 0 aliphatic rings. The van der Waals surface area contributed by atoms with Crippen LogP contribution < -0.4 is 0 Å². The van der Waals surface area contributed by atoms with E-state index in [-0.39, 0.29) is 11.3 Å². The minimum atomic E-state index is -1.99. The third-order valence-corrected chi connectivity index (χ3v) is 1.96. The third-order valence-electron chi connectivity index (χ3n) is 1.41. The van der Waals surface area contributed by atoms with Crippen molar-refractivity contribution in [3.05, 3.63) is 11.6 Å². The molecule has 0 aromatic carbocycles. The number of allylic oxidation sites excluding steroid dienone is 1. The van der Waals surface area contributed by atoms with E-state index in [1.165, 1.54) is 7.11 Å². The normalized spacial score (nSPS) is 13.9. The Bertz CT molecular complexity index is 222. The quantitative estimate of drug-likeness (QED) is 0.416. The van der Waals surface area contributed by atoms with Crippen molar-refractivity contribution in [3.8, 4) is 0 Å². The summed E-state index contributed by atoms with van der Waals surface area (Å²) < 4.78 is 23.5. The molecule has 1 atom stereocenters. The smallest absolute Gasteiger partial charge is 0.334 e. The highest BCUT2D eigenvalue weighted by molar-refractivity contribution is 7.79. The van der Waals surface area contributed by atoms with Crippen molar-refractivity contribution in [2.45, 2.75) is 19.8 Å². The number of methoxy groups -OCH3 is 1. The fourth-order valence-corrected chi connectivity index (χ4v) is 1.29. The van der Waals surface area contributed by atoms with Gasteiger partial charge in [0.2, 0.25) is 0 Å². The number of rotatable bonds is 5. The zero-order valence-corrected chi connectivity index (χ0v) is 8.60. The fraction of sp³-hybridized carbons (Fsp3) is 0.625. The first-order valence-corrected chi connectivity index (χ1v) is 5.24. The van der Waals surface area contributed by atoms with Gasteiger partial charge in [-0.15, -0.1) is 0 Å². The van der Waals surface area contributed by atoms with E-state index >= 15 is 0 Å². The molecule has 0 aliphatic carbocycles. The van der Waals surface area contributed by atoms with Gasteiger partial charge in [0.1, 0.15) is 0 Å². The van der Waals surface area contributed by atoms with Gasteiger partial charge in [0.15, 0.2) is 11.1 Å². The van der Waals surface area contributed by atoms with Crippen LogP contribution in [0, 0.1) is 0 Å². The first-order valence-electron chi connectivity index (χ1n) is 3.96. The lowest BCUT2D eigenvalue weighted by atomic mass is 10.2. The maximum Gasteiger partial charge on any atom is 0.334 e. The largest absolute Gasteiger partial charge is 0.466 e. The summed E-state index contributed by atoms with van der Waals surface area (Å²) in [5.74, 6) is -0.692. The first-order chi connectivity index (χ1) is 6.11. The number of hydrogen-bond acceptors (Lipinski definition) is 3. The molecule has 5 heteroatoms. The molecule has 76 valence electrons. The summed E-state index contributed by atoms with van der Waals surface area (Å²) in [4.78, 5) is 11.0. The van der Waals surface area contributed by atoms with Crippen LogP contribution in [0.3, 0.4) is 0 Å². The van der Waals surface area contributed by atoms with E-state index in [9.17, 15) is 9.00 Å². The fourth-order valence-electron chi connectivity index (χ4n) is 0.784. The predicted molar refractivity (Wildman–Crippen MR) is 50.6 cm³/mol. The Morgan fingerprint density at radius 1 is 1.62 bits per heavy atom. The second kappa shape index (κ2) is 6.80. The molecule has 0 saturated heterocycles. The number of carbonyl (C=O) groups excluding carboxylic acids is 1. The molecule has 0 spiro atoms. The lowest BCUT2D eigenvalue weighted by Crippen LogP contribution is -2.11. The number of esters is 1. The van der Waals surface area contributed by atoms with Crippen molar-refractivity contribution in [2.24, 2.45) is 0 Å². The van der Waals surface area contributed by atoms with E-state index in [4.69, 9.17) is 4.55 Å². The Morgan fingerprint density at radius 3 is 2.62 bits per heavy atom. The topological polar surface area (TPSA) is 63.6 Å². The van der Waals surface area contributed by atoms with Gasteiger partial charge in [0.25, 0.3) is 0 Å². The van der Waals surface area contributed by atoms with Crippen molar-refractivity contribution in [3.63, 3.8) is 0 Å². The molecule has 0 aromatic rings. The van der Waals surface area contributed by atoms with Crippen molar-refractivity contribution in [1.29, 1.82) is 0 Å². The first kappa shape index (κ1) is 12.3. The van der Waals surface area contributed by atoms with Crippen molar-refractivity contribution in [2.75, 3.05) is 12.9 Å². The minimum Gasteiger partial charge on any atom is -0.466 e. The summed E-state index contributed by atoms with van der Waals surface area (Å²) in [5, 5.41) is 0. The summed E-state index contributed by atoms with van der Waals surface area (Å²) in [7, 11) is 1.25. The monoisotopic (exact) mass is 206 g/mol. The van der Waals surface area contributed by atoms with E-state index in [0.717, 1.165) is 6.42 Å². The molecule has 0 aliphatic heterocycles. The van der Waals surface area contributed by atoms with Crippen molar-refractivity contribution < 1.29 is 18.3 Å². The zero-order valence-electron chi connectivity index (χ0n) is 7.78. The van der Waals surface area contributed by atoms with Crippen LogP contribution in [0.2, 0.25) is 0 Å². The Balaban J connectivity index is 4.35. The van der Waals surface area contributed by atoms with Crippen LogP contribution in [0.1, 0.15) is 19.8 Å². The number of ether oxygens (including phenoxy) is 1. The Kier molecular flexibility index (Phi) is 6.44. The molecule has 0 rings (SSSR count). The lowest BCUT2D eigenvalue weighted by molar-refractivity contribution is -0.136. The van der Waals surface area contributed by atoms with Gasteiger partial charge >= 0.3 is 5.97 Å². The van der Waals surface area contributed by atoms with Gasteiger partial charge in [-0.25, -0.2) is 9.00 Å². The van der Waals surface area contributed by atoms with Gasteiger partial charge in [0, 0.05) is 5.57 Å². The number of carbonyl (C=O) groups is 1. The van der Waals surface area contributed by atoms with E-state index in [2.05, 4.69) is 4.74 Å². The van der Waals surface area contributed by atoms with E-state index in [0.29, 0.717) is 6.42 Å². The standard InChI is InChI=1S/C8H14O4S/c1-3-4-5-7(6-13(10)11)8(9)12-2/h5H,3-4,6H2,1-2H3,(H,10,11)/b7-5+. The van der Waals surface area contributed by atoms with Crippen LogP contribution in [-0.2, 0) is 20.6 Å². The molecule has 4 nitrogen and oxygen atoms in total. The van der Waals surface area contributed by atoms with E-state index in [1.807, 2.05) is 6.92 Å². The van der Waals surface area contributed by atoms with Crippen LogP contribution in [0.15, 0.2) is 11.6 Å². The van der Waals surface area contributed by atoms with Gasteiger partial charge in [-0.05, 0) is 6.42 Å². The molecule has 0 saturated carbocycles. The molecule has 0 heterocycles.